The maximum atomic E-state index is 13.1. The molecule has 0 aliphatic rings. The molecule has 0 fully saturated rings. The quantitative estimate of drug-likeness (QED) is 0.0784. The van der Waals surface area contributed by atoms with Gasteiger partial charge in [-0.3, -0.25) is 9.59 Å². The summed E-state index contributed by atoms with van der Waals surface area (Å²) in [4.78, 5) is 25.3. The van der Waals surface area contributed by atoms with E-state index in [0.29, 0.717) is 22.3 Å². The second kappa shape index (κ2) is 20.4. The minimum absolute atomic E-state index is 0. The van der Waals surface area contributed by atoms with Gasteiger partial charge in [0.15, 0.2) is 0 Å². The summed E-state index contributed by atoms with van der Waals surface area (Å²) in [6, 6.07) is 15.6. The number of rotatable bonds is 10. The van der Waals surface area contributed by atoms with Gasteiger partial charge in [-0.25, -0.2) is 16.8 Å². The zero-order chi connectivity index (χ0) is 40.0. The van der Waals surface area contributed by atoms with Crippen LogP contribution in [0.2, 0.25) is 0 Å². The topological polar surface area (TPSA) is 282 Å². The molecule has 0 aliphatic heterocycles. The molecule has 2 aromatic heterocycles. The van der Waals surface area contributed by atoms with Gasteiger partial charge in [-0.2, -0.15) is 10.2 Å². The fourth-order valence-electron chi connectivity index (χ4n) is 5.54. The van der Waals surface area contributed by atoms with Crippen molar-refractivity contribution in [1.82, 2.24) is 19.6 Å². The third kappa shape index (κ3) is 11.5. The van der Waals surface area contributed by atoms with E-state index < -0.39 is 52.6 Å². The van der Waals surface area contributed by atoms with Crippen molar-refractivity contribution < 1.29 is 129 Å². The molecule has 0 N–H and O–H groups in total. The van der Waals surface area contributed by atoms with E-state index >= 15 is 0 Å². The van der Waals surface area contributed by atoms with Crippen molar-refractivity contribution in [3.05, 3.63) is 127 Å². The third-order valence-electron chi connectivity index (χ3n) is 8.32. The smallest absolute Gasteiger partial charge is 0.871 e. The standard InChI is InChI=1S/C35H32N8O10S2.2Cu.2Na/c1-18-13-24(54(48,49)50)7-11-28(18)42-34(46)32(20(3)40-42)38-36-26-9-5-22(16-30(26)44)15-23-6-10-27(31(45)17-23)37-39-33-21(4)41-43(35(33)47)29-12-8-25(14-19(29)2)55(51,52)53;;;;/h5-14,16-17H,15H2,1-4H3,(H6,36,37,38,39,40,41,44,45,46,47,48,49,50,51,52,53);;;;/q;2*+2;2*+1/p-6. The number of benzene rings is 4. The Kier molecular flexibility index (Phi) is 17.9. The normalized spacial score (nSPS) is 11.5. The predicted octanol–water partition coefficient (Wildman–Crippen LogP) is -2.48. The van der Waals surface area contributed by atoms with E-state index in [1.165, 1.54) is 64.1 Å². The summed E-state index contributed by atoms with van der Waals surface area (Å²) in [5, 5.41) is 49.9. The third-order valence-corrected chi connectivity index (χ3v) is 9.98. The molecule has 0 saturated heterocycles. The summed E-state index contributed by atoms with van der Waals surface area (Å²) in [6.45, 7) is 6.03. The van der Waals surface area contributed by atoms with Crippen molar-refractivity contribution in [2.45, 2.75) is 43.9 Å². The summed E-state index contributed by atoms with van der Waals surface area (Å²) in [7, 11) is -9.40. The molecule has 59 heavy (non-hydrogen) atoms. The van der Waals surface area contributed by atoms with Gasteiger partial charge in [0.2, 0.25) is 0 Å². The van der Waals surface area contributed by atoms with Gasteiger partial charge in [0, 0.05) is 11.4 Å². The van der Waals surface area contributed by atoms with E-state index in [0.717, 1.165) is 33.6 Å². The first kappa shape index (κ1) is 51.7. The largest absolute Gasteiger partial charge is 2.00 e. The fraction of sp³-hybridized carbons (Fsp3) is 0.143. The van der Waals surface area contributed by atoms with Gasteiger partial charge in [-0.15, -0.1) is 21.6 Å². The zero-order valence-corrected chi connectivity index (χ0v) is 39.2. The molecule has 2 heterocycles. The number of nitrogens with zero attached hydrogens (tertiary/aromatic N) is 8. The Morgan fingerprint density at radius 3 is 1.22 bits per heavy atom. The van der Waals surface area contributed by atoms with Crippen molar-refractivity contribution in [3.63, 3.8) is 0 Å². The van der Waals surface area contributed by atoms with Gasteiger partial charge >= 0.3 is 93.3 Å². The van der Waals surface area contributed by atoms with Gasteiger partial charge in [-0.1, -0.05) is 49.6 Å². The average molecular weight is 956 g/mol. The summed E-state index contributed by atoms with van der Waals surface area (Å²) >= 11 is 0. The first-order valence-corrected chi connectivity index (χ1v) is 18.7. The molecule has 0 unspecified atom stereocenters. The summed E-state index contributed by atoms with van der Waals surface area (Å²) in [5.74, 6) is -1.02. The van der Waals surface area contributed by atoms with Crippen LogP contribution < -0.4 is 90.6 Å². The Labute approximate surface area is 402 Å². The predicted molar refractivity (Wildman–Crippen MR) is 189 cm³/mol. The van der Waals surface area contributed by atoms with Gasteiger partial charge in [0.25, 0.3) is 11.1 Å². The van der Waals surface area contributed by atoms with E-state index in [4.69, 9.17) is 0 Å². The molecule has 18 nitrogen and oxygen atoms in total. The molecule has 0 saturated carbocycles. The van der Waals surface area contributed by atoms with Crippen molar-refractivity contribution in [2.24, 2.45) is 20.5 Å². The van der Waals surface area contributed by atoms with Gasteiger partial charge < -0.3 is 38.9 Å². The first-order chi connectivity index (χ1) is 25.8. The molecular weight excluding hydrogens is 930 g/mol. The molecule has 0 spiro atoms. The van der Waals surface area contributed by atoms with Crippen molar-refractivity contribution >= 4 is 43.0 Å². The Morgan fingerprint density at radius 2 is 0.915 bits per heavy atom. The van der Waals surface area contributed by atoms with Crippen molar-refractivity contribution in [3.8, 4) is 22.9 Å². The molecular formula is C35H26Cu2N8Na2O10S2. The summed E-state index contributed by atoms with van der Waals surface area (Å²) in [6.07, 6.45) is 0.185. The van der Waals surface area contributed by atoms with Crippen molar-refractivity contribution in [1.29, 1.82) is 0 Å². The average Bonchev–Trinajstić information content (AvgIpc) is 3.54. The second-order valence-corrected chi connectivity index (χ2v) is 15.0. The number of hydrogen-bond donors (Lipinski definition) is 0. The molecule has 0 bridgehead atoms. The molecule has 302 valence electrons. The van der Waals surface area contributed by atoms with Crippen LogP contribution in [0.15, 0.2) is 113 Å². The Hall–Kier alpha value is -3.44. The monoisotopic (exact) mass is 954 g/mol. The van der Waals surface area contributed by atoms with Crippen LogP contribution in [0, 0.1) is 27.7 Å². The van der Waals surface area contributed by atoms with Crippen LogP contribution in [0.1, 0.15) is 33.6 Å². The van der Waals surface area contributed by atoms with Crippen LogP contribution in [0.5, 0.6) is 11.5 Å². The number of aryl methyl sites for hydroxylation is 4. The molecule has 6 rings (SSSR count). The number of azo groups is 2. The van der Waals surface area contributed by atoms with Gasteiger partial charge in [0.05, 0.1) is 21.2 Å². The van der Waals surface area contributed by atoms with Crippen LogP contribution in [0.4, 0.5) is 22.7 Å². The van der Waals surface area contributed by atoms with Crippen LogP contribution in [0.25, 0.3) is 11.4 Å². The van der Waals surface area contributed by atoms with Crippen molar-refractivity contribution in [2.75, 3.05) is 0 Å². The summed E-state index contributed by atoms with van der Waals surface area (Å²) in [5.41, 5.74) is 0.714. The van der Waals surface area contributed by atoms with Crippen LogP contribution >= 0.6 is 0 Å². The number of hydrogen-bond acceptors (Lipinski definition) is 14. The molecule has 0 aliphatic carbocycles. The SMILES string of the molecule is Cc1cc(S(=O)(=O)[O-])ccc1-n1[n-]c(C)c(N=Nc2ccc(Cc3ccc(N=Nc4c(C)[n-]n(-c5ccc(S(=O)(=O)[O-])cc5C)c4=O)c([O-])c3)cc2[O-])c1=O.[Cu+2].[Cu+2].[Na+].[Na+]. The maximum Gasteiger partial charge on any atom is 2.00 e. The Balaban J connectivity index is 0.00000300. The number of aromatic nitrogens is 4. The zero-order valence-electron chi connectivity index (χ0n) is 31.7. The molecule has 2 radical (unpaired) electrons. The van der Waals surface area contributed by atoms with E-state index in [9.17, 15) is 45.7 Å². The molecule has 4 aromatic carbocycles. The molecule has 0 atom stereocenters. The fourth-order valence-corrected chi connectivity index (χ4v) is 6.65. The van der Waals surface area contributed by atoms with E-state index in [2.05, 4.69) is 30.7 Å². The van der Waals surface area contributed by atoms with E-state index in [1.807, 2.05) is 0 Å². The van der Waals surface area contributed by atoms with Gasteiger partial charge in [0.1, 0.15) is 31.6 Å². The second-order valence-electron chi connectivity index (χ2n) is 12.3. The van der Waals surface area contributed by atoms with Crippen LogP contribution in [-0.2, 0) is 60.8 Å². The van der Waals surface area contributed by atoms with E-state index in [-0.39, 0.29) is 145 Å². The Morgan fingerprint density at radius 1 is 0.559 bits per heavy atom. The summed E-state index contributed by atoms with van der Waals surface area (Å²) < 4.78 is 70.1. The minimum atomic E-state index is -4.70. The minimum Gasteiger partial charge on any atom is -0.871 e. The van der Waals surface area contributed by atoms with Gasteiger partial charge in [-0.05, 0) is 91.1 Å². The van der Waals surface area contributed by atoms with Crippen LogP contribution in [-0.4, -0.2) is 35.3 Å². The Bertz CT molecular complexity index is 2750. The van der Waals surface area contributed by atoms with E-state index in [1.54, 1.807) is 12.1 Å². The maximum absolute atomic E-state index is 13.1. The molecule has 6 aromatic rings. The first-order valence-electron chi connectivity index (χ1n) is 15.9. The van der Waals surface area contributed by atoms with Crippen LogP contribution in [0.3, 0.4) is 0 Å². The molecule has 24 heteroatoms. The molecule has 0 amide bonds.